The summed E-state index contributed by atoms with van der Waals surface area (Å²) in [5.41, 5.74) is 7.44. The lowest BCUT2D eigenvalue weighted by Gasteiger charge is -2.22. The van der Waals surface area contributed by atoms with Crippen LogP contribution in [0.25, 0.3) is 0 Å². The number of aryl methyl sites for hydroxylation is 1. The van der Waals surface area contributed by atoms with Crippen LogP contribution in [0.5, 0.6) is 0 Å². The molecule has 0 fully saturated rings. The number of fused-ring (bicyclic) bond motifs is 3. The second-order valence-corrected chi connectivity index (χ2v) is 4.57. The lowest BCUT2D eigenvalue weighted by atomic mass is 10.0. The minimum Gasteiger partial charge on any atom is -0.351 e. The number of nitrogens with zero attached hydrogens (tertiary/aromatic N) is 3. The van der Waals surface area contributed by atoms with E-state index in [1.807, 2.05) is 4.68 Å². The molecule has 2 aliphatic heterocycles. The highest BCUT2D eigenvalue weighted by molar-refractivity contribution is 6.06. The van der Waals surface area contributed by atoms with Crippen molar-refractivity contribution in [3.8, 4) is 0 Å². The van der Waals surface area contributed by atoms with Gasteiger partial charge in [-0.3, -0.25) is 14.4 Å². The molecule has 0 atom stereocenters. The van der Waals surface area contributed by atoms with Crippen molar-refractivity contribution in [3.05, 3.63) is 17.0 Å². The largest absolute Gasteiger partial charge is 0.351 e. The fourth-order valence-electron chi connectivity index (χ4n) is 2.56. The number of nitrogens with one attached hydrogen (secondary N) is 1. The van der Waals surface area contributed by atoms with Crippen molar-refractivity contribution >= 4 is 11.9 Å². The van der Waals surface area contributed by atoms with Crippen LogP contribution >= 0.6 is 0 Å². The van der Waals surface area contributed by atoms with Gasteiger partial charge in [-0.05, 0) is 13.0 Å². The van der Waals surface area contributed by atoms with Crippen molar-refractivity contribution < 1.29 is 9.59 Å². The molecule has 0 saturated heterocycles. The number of carbonyl (C=O) groups excluding carboxylic acids is 2. The number of amides is 3. The zero-order chi connectivity index (χ0) is 12.7. The Labute approximate surface area is 104 Å². The number of nitrogens with two attached hydrogens (primary N) is 1. The van der Waals surface area contributed by atoms with E-state index in [4.69, 9.17) is 5.73 Å². The maximum atomic E-state index is 12.2. The Morgan fingerprint density at radius 2 is 2.22 bits per heavy atom. The first-order chi connectivity index (χ1) is 8.68. The van der Waals surface area contributed by atoms with E-state index in [2.05, 4.69) is 10.4 Å². The standard InChI is InChI=1S/C11H15N5O2/c12-11(18)15-5-2-7-9(10(15)17)8-6-13-3-1-4-16(8)14-7/h13H,1-6H2,(H2,12,18). The van der Waals surface area contributed by atoms with Gasteiger partial charge in [0.2, 0.25) is 0 Å². The second-order valence-electron chi connectivity index (χ2n) is 4.57. The van der Waals surface area contributed by atoms with Crippen LogP contribution < -0.4 is 11.1 Å². The van der Waals surface area contributed by atoms with Crippen molar-refractivity contribution in [2.24, 2.45) is 5.73 Å². The molecule has 7 heteroatoms. The molecule has 3 amide bonds. The van der Waals surface area contributed by atoms with Crippen molar-refractivity contribution in [1.29, 1.82) is 0 Å². The zero-order valence-electron chi connectivity index (χ0n) is 9.98. The van der Waals surface area contributed by atoms with Gasteiger partial charge in [0.25, 0.3) is 5.91 Å². The van der Waals surface area contributed by atoms with E-state index in [1.54, 1.807) is 0 Å². The molecule has 0 unspecified atom stereocenters. The number of hydrogen-bond donors (Lipinski definition) is 2. The molecule has 0 saturated carbocycles. The molecule has 3 N–H and O–H groups in total. The normalized spacial score (nSPS) is 19.1. The van der Waals surface area contributed by atoms with Gasteiger partial charge in [0.15, 0.2) is 0 Å². The van der Waals surface area contributed by atoms with Gasteiger partial charge in [-0.1, -0.05) is 0 Å². The highest BCUT2D eigenvalue weighted by Crippen LogP contribution is 2.23. The van der Waals surface area contributed by atoms with Gasteiger partial charge in [0.1, 0.15) is 0 Å². The molecule has 0 bridgehead atoms. The quantitative estimate of drug-likeness (QED) is 0.645. The summed E-state index contributed by atoms with van der Waals surface area (Å²) in [7, 11) is 0. The molecule has 3 heterocycles. The van der Waals surface area contributed by atoms with Crippen molar-refractivity contribution in [3.63, 3.8) is 0 Å². The molecule has 1 aromatic rings. The predicted octanol–water partition coefficient (Wildman–Crippen LogP) is -0.547. The van der Waals surface area contributed by atoms with Crippen LogP contribution in [-0.2, 0) is 19.5 Å². The van der Waals surface area contributed by atoms with Crippen LogP contribution in [0.3, 0.4) is 0 Å². The Hall–Kier alpha value is -1.89. The lowest BCUT2D eigenvalue weighted by molar-refractivity contribution is 0.0793. The van der Waals surface area contributed by atoms with Gasteiger partial charge in [-0.2, -0.15) is 5.10 Å². The molecule has 3 rings (SSSR count). The average molecular weight is 249 g/mol. The smallest absolute Gasteiger partial charge is 0.321 e. The second kappa shape index (κ2) is 4.09. The molecular weight excluding hydrogens is 234 g/mol. The van der Waals surface area contributed by atoms with Gasteiger partial charge >= 0.3 is 6.03 Å². The molecular formula is C11H15N5O2. The van der Waals surface area contributed by atoms with Gasteiger partial charge < -0.3 is 11.1 Å². The zero-order valence-corrected chi connectivity index (χ0v) is 9.98. The van der Waals surface area contributed by atoms with E-state index in [1.165, 1.54) is 0 Å². The Bertz CT molecular complexity index is 522. The molecule has 0 spiro atoms. The molecule has 2 aliphatic rings. The number of urea groups is 1. The molecule has 1 aromatic heterocycles. The van der Waals surface area contributed by atoms with E-state index < -0.39 is 6.03 Å². The van der Waals surface area contributed by atoms with Crippen LogP contribution in [0.2, 0.25) is 0 Å². The Kier molecular flexibility index (Phi) is 2.55. The van der Waals surface area contributed by atoms with E-state index >= 15 is 0 Å². The summed E-state index contributed by atoms with van der Waals surface area (Å²) >= 11 is 0. The fourth-order valence-corrected chi connectivity index (χ4v) is 2.56. The summed E-state index contributed by atoms with van der Waals surface area (Å²) in [4.78, 5) is 24.6. The molecule has 0 aliphatic carbocycles. The van der Waals surface area contributed by atoms with E-state index in [0.29, 0.717) is 25.1 Å². The van der Waals surface area contributed by atoms with Crippen LogP contribution in [0, 0.1) is 0 Å². The summed E-state index contributed by atoms with van der Waals surface area (Å²) in [6, 6.07) is -0.688. The maximum absolute atomic E-state index is 12.2. The number of rotatable bonds is 0. The molecule has 18 heavy (non-hydrogen) atoms. The van der Waals surface area contributed by atoms with Crippen molar-refractivity contribution in [2.45, 2.75) is 25.9 Å². The monoisotopic (exact) mass is 249 g/mol. The third kappa shape index (κ3) is 1.59. The third-order valence-corrected chi connectivity index (χ3v) is 3.44. The summed E-state index contributed by atoms with van der Waals surface area (Å²) < 4.78 is 1.88. The molecule has 0 aromatic carbocycles. The van der Waals surface area contributed by atoms with E-state index in [9.17, 15) is 9.59 Å². The minimum absolute atomic E-state index is 0.311. The molecule has 7 nitrogen and oxygen atoms in total. The number of carbonyl (C=O) groups is 2. The summed E-state index contributed by atoms with van der Waals surface area (Å²) in [6.07, 6.45) is 1.57. The SMILES string of the molecule is NC(=O)N1CCc2nn3c(c2C1=O)CNCCC3. The first-order valence-corrected chi connectivity index (χ1v) is 6.09. The molecule has 0 radical (unpaired) electrons. The number of imide groups is 1. The fraction of sp³-hybridized carbons (Fsp3) is 0.545. The minimum atomic E-state index is -0.688. The summed E-state index contributed by atoms with van der Waals surface area (Å²) in [5.74, 6) is -0.311. The maximum Gasteiger partial charge on any atom is 0.321 e. The summed E-state index contributed by atoms with van der Waals surface area (Å²) in [5, 5.41) is 7.73. The Morgan fingerprint density at radius 3 is 3.00 bits per heavy atom. The van der Waals surface area contributed by atoms with Gasteiger partial charge in [0.05, 0.1) is 17.0 Å². The van der Waals surface area contributed by atoms with E-state index in [-0.39, 0.29) is 5.91 Å². The van der Waals surface area contributed by atoms with Crippen molar-refractivity contribution in [2.75, 3.05) is 13.1 Å². The number of primary amides is 1. The predicted molar refractivity (Wildman–Crippen MR) is 62.9 cm³/mol. The highest BCUT2D eigenvalue weighted by Gasteiger charge is 2.33. The number of hydrogen-bond acceptors (Lipinski definition) is 4. The topological polar surface area (TPSA) is 93.2 Å². The van der Waals surface area contributed by atoms with E-state index in [0.717, 1.165) is 35.8 Å². The Balaban J connectivity index is 2.05. The summed E-state index contributed by atoms with van der Waals surface area (Å²) in [6.45, 7) is 2.65. The highest BCUT2D eigenvalue weighted by atomic mass is 16.2. The van der Waals surface area contributed by atoms with Crippen LogP contribution in [0.15, 0.2) is 0 Å². The van der Waals surface area contributed by atoms with Gasteiger partial charge in [-0.25, -0.2) is 4.79 Å². The van der Waals surface area contributed by atoms with Crippen LogP contribution in [-0.4, -0.2) is 39.7 Å². The first-order valence-electron chi connectivity index (χ1n) is 6.09. The van der Waals surface area contributed by atoms with Gasteiger partial charge in [-0.15, -0.1) is 0 Å². The average Bonchev–Trinajstić information content (AvgIpc) is 2.52. The van der Waals surface area contributed by atoms with Gasteiger partial charge in [0, 0.05) is 26.1 Å². The first kappa shape index (κ1) is 11.2. The third-order valence-electron chi connectivity index (χ3n) is 3.44. The number of aromatic nitrogens is 2. The Morgan fingerprint density at radius 1 is 1.39 bits per heavy atom. The van der Waals surface area contributed by atoms with Crippen LogP contribution in [0.1, 0.15) is 28.2 Å². The lowest BCUT2D eigenvalue weighted by Crippen LogP contribution is -2.45. The van der Waals surface area contributed by atoms with Crippen molar-refractivity contribution in [1.82, 2.24) is 20.0 Å². The molecule has 96 valence electrons. The van der Waals surface area contributed by atoms with Crippen LogP contribution in [0.4, 0.5) is 4.79 Å².